The van der Waals surface area contributed by atoms with Crippen molar-refractivity contribution in [3.63, 3.8) is 0 Å². The van der Waals surface area contributed by atoms with Gasteiger partial charge in [-0.25, -0.2) is 18.7 Å². The van der Waals surface area contributed by atoms with E-state index in [1.807, 2.05) is 13.1 Å². The first-order valence-corrected chi connectivity index (χ1v) is 32.9. The summed E-state index contributed by atoms with van der Waals surface area (Å²) in [7, 11) is 3.58. The van der Waals surface area contributed by atoms with Crippen molar-refractivity contribution in [2.24, 2.45) is 23.0 Å². The molecule has 11 rings (SSSR count). The second-order valence-corrected chi connectivity index (χ2v) is 26.2. The molecule has 2 atom stereocenters. The van der Waals surface area contributed by atoms with Gasteiger partial charge in [0.15, 0.2) is 0 Å². The lowest BCUT2D eigenvalue weighted by atomic mass is 9.82. The lowest BCUT2D eigenvalue weighted by Gasteiger charge is -2.48. The van der Waals surface area contributed by atoms with Crippen LogP contribution < -0.4 is 42.1 Å². The maximum absolute atomic E-state index is 15.6. The van der Waals surface area contributed by atoms with E-state index in [4.69, 9.17) is 9.53 Å². The molecule has 490 valence electrons. The maximum atomic E-state index is 15.6. The third-order valence-corrected chi connectivity index (χ3v) is 18.6. The van der Waals surface area contributed by atoms with Crippen LogP contribution in [-0.4, -0.2) is 179 Å². The quantitative estimate of drug-likeness (QED) is 0.0601. The summed E-state index contributed by atoms with van der Waals surface area (Å²) in [5, 5.41) is 14.7. The highest BCUT2D eigenvalue weighted by atomic mass is 19.1. The fraction of sp³-hybridized carbons (Fsp3) is 0.687. The van der Waals surface area contributed by atoms with Gasteiger partial charge in [0.25, 0.3) is 0 Å². The molecule has 2 saturated carbocycles. The van der Waals surface area contributed by atoms with Gasteiger partial charge in [-0.2, -0.15) is 0 Å². The zero-order chi connectivity index (χ0) is 63.3. The Morgan fingerprint density at radius 3 is 1.97 bits per heavy atom. The molecule has 0 radical (unpaired) electrons. The highest BCUT2D eigenvalue weighted by Gasteiger charge is 2.43. The summed E-state index contributed by atoms with van der Waals surface area (Å²) in [5.41, 5.74) is 7.59. The average molecular weight is 1230 g/mol. The van der Waals surface area contributed by atoms with Crippen LogP contribution in [0.4, 0.5) is 26.1 Å². The predicted molar refractivity (Wildman–Crippen MR) is 346 cm³/mol. The Balaban J connectivity index is 0.000000281. The molecule has 1 aromatic heterocycles. The summed E-state index contributed by atoms with van der Waals surface area (Å²) < 4.78 is 36.8. The number of hydrogen-bond donors (Lipinski definition) is 6. The van der Waals surface area contributed by atoms with Crippen molar-refractivity contribution in [2.75, 3.05) is 121 Å². The molecule has 19 nitrogen and oxygen atoms in total. The maximum Gasteiger partial charge on any atom is 0.245 e. The summed E-state index contributed by atoms with van der Waals surface area (Å²) in [6, 6.07) is 14.0. The largest absolute Gasteiger partial charge is 0.372 e. The van der Waals surface area contributed by atoms with Crippen LogP contribution in [0.5, 0.6) is 0 Å². The van der Waals surface area contributed by atoms with Crippen LogP contribution in [0, 0.1) is 28.9 Å². The number of ether oxygens (including phenoxy) is 1. The number of halogens is 2. The number of amides is 5. The van der Waals surface area contributed by atoms with Crippen molar-refractivity contribution in [1.82, 2.24) is 45.9 Å². The van der Waals surface area contributed by atoms with E-state index in [0.29, 0.717) is 68.9 Å². The number of piperazine rings is 1. The number of piperidine rings is 2. The van der Waals surface area contributed by atoms with Gasteiger partial charge in [0, 0.05) is 89.7 Å². The molecule has 21 heteroatoms. The monoisotopic (exact) mass is 1230 g/mol. The van der Waals surface area contributed by atoms with Crippen LogP contribution in [0.1, 0.15) is 154 Å². The minimum atomic E-state index is -0.532. The number of benzene rings is 2. The lowest BCUT2D eigenvalue weighted by molar-refractivity contribution is -0.130. The number of anilines is 3. The summed E-state index contributed by atoms with van der Waals surface area (Å²) in [5.74, 6) is 1.78. The van der Waals surface area contributed by atoms with E-state index in [-0.39, 0.29) is 61.0 Å². The first kappa shape index (κ1) is 71.1. The number of hydrogen-bond acceptors (Lipinski definition) is 14. The molecule has 2 unspecified atom stereocenters. The van der Waals surface area contributed by atoms with Crippen molar-refractivity contribution in [3.05, 3.63) is 77.1 Å². The Hall–Kier alpha value is -6.03. The molecule has 0 bridgehead atoms. The van der Waals surface area contributed by atoms with Crippen molar-refractivity contribution >= 4 is 47.9 Å². The van der Waals surface area contributed by atoms with Crippen LogP contribution in [0.3, 0.4) is 0 Å². The second-order valence-electron chi connectivity index (χ2n) is 26.2. The van der Waals surface area contributed by atoms with E-state index in [0.717, 1.165) is 109 Å². The normalized spacial score (nSPS) is 21.8. The van der Waals surface area contributed by atoms with Gasteiger partial charge in [-0.15, -0.1) is 0 Å². The van der Waals surface area contributed by atoms with Crippen molar-refractivity contribution in [1.29, 1.82) is 0 Å². The third-order valence-electron chi connectivity index (χ3n) is 18.6. The zero-order valence-corrected chi connectivity index (χ0v) is 54.0. The number of carbonyl (C=O) groups excluding carboxylic acids is 5. The molecule has 6 heterocycles. The third kappa shape index (κ3) is 23.7. The van der Waals surface area contributed by atoms with Crippen LogP contribution in [0.25, 0.3) is 0 Å². The minimum absolute atomic E-state index is 0.00193. The number of nitrogens with one attached hydrogen (secondary N) is 5. The molecule has 88 heavy (non-hydrogen) atoms. The molecular weight excluding hydrogens is 1120 g/mol. The molecule has 2 aromatic carbocycles. The van der Waals surface area contributed by atoms with E-state index < -0.39 is 17.2 Å². The zero-order valence-electron chi connectivity index (χ0n) is 54.0. The number of nitrogens with zero attached hydrogens (tertiary/aromatic N) is 7. The fourth-order valence-electron chi connectivity index (χ4n) is 13.1. The number of likely N-dealkylation sites (N-methyl/N-ethyl adjacent to an activating group) is 1. The van der Waals surface area contributed by atoms with Crippen molar-refractivity contribution in [3.8, 4) is 0 Å². The van der Waals surface area contributed by atoms with Gasteiger partial charge in [0.1, 0.15) is 36.2 Å². The highest BCUT2D eigenvalue weighted by Crippen LogP contribution is 2.40. The Morgan fingerprint density at radius 1 is 0.795 bits per heavy atom. The van der Waals surface area contributed by atoms with Crippen LogP contribution in [0.15, 0.2) is 48.8 Å². The van der Waals surface area contributed by atoms with Gasteiger partial charge in [-0.3, -0.25) is 28.9 Å². The number of fused-ring (bicyclic) bond motifs is 2. The predicted octanol–water partition coefficient (Wildman–Crippen LogP) is 7.60. The molecule has 7 fully saturated rings. The summed E-state index contributed by atoms with van der Waals surface area (Å²) in [6.07, 6.45) is 25.6. The minimum Gasteiger partial charge on any atom is -0.372 e. The first-order chi connectivity index (χ1) is 42.5. The molecular formula is C67H107F2N13O6. The molecule has 3 aromatic rings. The van der Waals surface area contributed by atoms with Crippen LogP contribution >= 0.6 is 0 Å². The van der Waals surface area contributed by atoms with E-state index in [2.05, 4.69) is 109 Å². The van der Waals surface area contributed by atoms with Crippen LogP contribution in [-0.2, 0) is 48.1 Å². The first-order valence-electron chi connectivity index (χ1n) is 32.9. The van der Waals surface area contributed by atoms with E-state index in [9.17, 15) is 19.2 Å². The Morgan fingerprint density at radius 2 is 1.40 bits per heavy atom. The molecule has 5 saturated heterocycles. The standard InChI is InChI=1S/C39H57F2N9O3.C10H12.C7H12N2O2.C6H12.C4H11N.CH3NO/c1-38(2)5-11-47(12-6-38)22-29-17-32(41)33(18-31(29)40)50-23-36(51)46-39(25-50)7-13-49(14-8-39)35-19-34(44-26-45-35)43-9-4-10-48-20-27-15-30(16-28(27)21-48)53-24-37(52)42-3;1-2-6-10-8-4-3-7-9(10)5-1;10-6-8-5-7(11)9-3-1-2-4-9;1-2-4-6-5-3-1;1-4(2)5-3;2-1-3/h17-19,26-28,30H,4-16,20-25H2,1-3H3,(H,42,52)(H,46,51)(H,43,44,45);1-2,5-6H,3-4,7-8H2;6H,1-5H2,(H,8,10);1-6H2;4-5H,1-3H3;1H,(H2,2,3). The molecule has 3 aliphatic carbocycles. The summed E-state index contributed by atoms with van der Waals surface area (Å²) in [6.45, 7) is 18.6. The fourth-order valence-corrected chi connectivity index (χ4v) is 13.1. The molecule has 7 N–H and O–H groups in total. The van der Waals surface area contributed by atoms with E-state index in [1.165, 1.54) is 76.3 Å². The van der Waals surface area contributed by atoms with Gasteiger partial charge < -0.3 is 56.7 Å². The lowest BCUT2D eigenvalue weighted by Crippen LogP contribution is -2.66. The number of aryl methyl sites for hydroxylation is 2. The molecule has 1 spiro atoms. The number of rotatable bonds is 16. The van der Waals surface area contributed by atoms with Crippen LogP contribution in [0.2, 0.25) is 0 Å². The number of carbonyl (C=O) groups is 5. The highest BCUT2D eigenvalue weighted by molar-refractivity contribution is 5.84. The number of nitrogens with two attached hydrogens (primary N) is 1. The molecule has 5 amide bonds. The van der Waals surface area contributed by atoms with Gasteiger partial charge in [-0.1, -0.05) is 90.5 Å². The van der Waals surface area contributed by atoms with Crippen molar-refractivity contribution in [2.45, 2.75) is 174 Å². The Labute approximate surface area is 524 Å². The van der Waals surface area contributed by atoms with Gasteiger partial charge in [0.05, 0.1) is 30.4 Å². The van der Waals surface area contributed by atoms with E-state index >= 15 is 8.78 Å². The molecule has 8 aliphatic rings. The number of primary amides is 1. The number of aromatic nitrogens is 2. The van der Waals surface area contributed by atoms with Gasteiger partial charge in [0.2, 0.25) is 30.5 Å². The van der Waals surface area contributed by atoms with E-state index in [1.54, 1.807) is 34.3 Å². The Bertz CT molecular complexity index is 2540. The van der Waals surface area contributed by atoms with Crippen molar-refractivity contribution < 1.29 is 37.5 Å². The molecule has 5 aliphatic heterocycles. The Kier molecular flexibility index (Phi) is 30.0. The average Bonchev–Trinajstić information content (AvgIpc) is 2.76. The summed E-state index contributed by atoms with van der Waals surface area (Å²) >= 11 is 0. The van der Waals surface area contributed by atoms with Gasteiger partial charge >= 0.3 is 0 Å². The van der Waals surface area contributed by atoms with Gasteiger partial charge in [-0.05, 0) is 145 Å². The number of likely N-dealkylation sites (tertiary alicyclic amines) is 3. The summed E-state index contributed by atoms with van der Waals surface area (Å²) in [4.78, 5) is 73.5. The smallest absolute Gasteiger partial charge is 0.245 e. The second kappa shape index (κ2) is 37.2. The topological polar surface area (TPSA) is 223 Å². The SMILES string of the molecule is C1CCCCC1.CNC(=O)COC1CC2CN(CCCNc3cc(N4CCC5(CC4)CN(c4cc(F)c(CN6CCC(C)(C)CC6)cc4F)CC(=O)N5)ncn3)CC2C1.CNC(C)C.NC=O.O=CNCC(=O)N1CCCC1.c1ccc2c(c1)CCCC2.